The molecule has 9 nitrogen and oxygen atoms in total. The van der Waals surface area contributed by atoms with Gasteiger partial charge in [0.05, 0.1) is 43.1 Å². The van der Waals surface area contributed by atoms with Crippen LogP contribution in [0.15, 0.2) is 36.0 Å². The second-order valence-corrected chi connectivity index (χ2v) is 11.8. The third-order valence-electron chi connectivity index (χ3n) is 6.51. The van der Waals surface area contributed by atoms with Gasteiger partial charge in [-0.1, -0.05) is 29.3 Å². The van der Waals surface area contributed by atoms with Crippen molar-refractivity contribution < 1.29 is 19.1 Å². The summed E-state index contributed by atoms with van der Waals surface area (Å²) in [7, 11) is 1.28. The number of esters is 1. The van der Waals surface area contributed by atoms with Crippen LogP contribution in [0, 0.1) is 12.3 Å². The van der Waals surface area contributed by atoms with Crippen LogP contribution in [-0.2, 0) is 31.9 Å². The highest BCUT2D eigenvalue weighted by Gasteiger charge is 2.24. The van der Waals surface area contributed by atoms with Gasteiger partial charge < -0.3 is 30.8 Å². The third-order valence-corrected chi connectivity index (χ3v) is 6.94. The molecule has 1 aromatic carbocycles. The van der Waals surface area contributed by atoms with Crippen molar-refractivity contribution in [3.8, 4) is 0 Å². The summed E-state index contributed by atoms with van der Waals surface area (Å²) in [6.07, 6.45) is 4.14. The molecule has 1 aliphatic heterocycles. The molecule has 41 heavy (non-hydrogen) atoms. The van der Waals surface area contributed by atoms with Gasteiger partial charge in [0.15, 0.2) is 0 Å². The van der Waals surface area contributed by atoms with Crippen molar-refractivity contribution in [3.63, 3.8) is 0 Å². The van der Waals surface area contributed by atoms with Crippen LogP contribution < -0.4 is 16.0 Å². The number of amides is 1. The van der Waals surface area contributed by atoms with E-state index in [0.717, 1.165) is 36.5 Å². The van der Waals surface area contributed by atoms with E-state index in [4.69, 9.17) is 43.1 Å². The van der Waals surface area contributed by atoms with Crippen molar-refractivity contribution in [1.29, 1.82) is 5.41 Å². The fraction of sp³-hybridized carbons (Fsp3) is 0.467. The van der Waals surface area contributed by atoms with Crippen LogP contribution in [0.1, 0.15) is 62.0 Å². The first kappa shape index (κ1) is 32.4. The minimum Gasteiger partial charge on any atom is -0.469 e. The number of rotatable bonds is 12. The highest BCUT2D eigenvalue weighted by molar-refractivity contribution is 6.34. The molecule has 222 valence electrons. The van der Waals surface area contributed by atoms with Gasteiger partial charge in [-0.15, -0.1) is 0 Å². The minimum absolute atomic E-state index is 0.0106. The van der Waals surface area contributed by atoms with Gasteiger partial charge in [-0.05, 0) is 81.8 Å². The lowest BCUT2D eigenvalue weighted by molar-refractivity contribution is -0.141. The number of nitrogens with one attached hydrogen (secondary N) is 4. The smallest absolute Gasteiger partial charge is 0.307 e. The maximum Gasteiger partial charge on any atom is 0.307 e. The van der Waals surface area contributed by atoms with E-state index >= 15 is 0 Å². The lowest BCUT2D eigenvalue weighted by atomic mass is 10.0. The number of ether oxygens (including phenoxy) is 2. The number of hydrogen-bond donors (Lipinski definition) is 4. The van der Waals surface area contributed by atoms with Crippen LogP contribution in [0.2, 0.25) is 10.0 Å². The normalized spacial score (nSPS) is 14.0. The molecular weight excluding hydrogens is 565 g/mol. The van der Waals surface area contributed by atoms with Gasteiger partial charge in [0, 0.05) is 35.0 Å². The first-order valence-electron chi connectivity index (χ1n) is 13.6. The van der Waals surface area contributed by atoms with Gasteiger partial charge in [0.25, 0.3) is 5.91 Å². The predicted octanol–water partition coefficient (Wildman–Crippen LogP) is 5.33. The van der Waals surface area contributed by atoms with Gasteiger partial charge in [-0.25, -0.2) is 4.98 Å². The average molecular weight is 605 g/mol. The Labute approximate surface area is 251 Å². The monoisotopic (exact) mass is 603 g/mol. The molecule has 0 saturated carbocycles. The summed E-state index contributed by atoms with van der Waals surface area (Å²) in [4.78, 5) is 30.5. The number of hydrogen-bond acceptors (Lipinski definition) is 8. The summed E-state index contributed by atoms with van der Waals surface area (Å²) >= 11 is 12.4. The van der Waals surface area contributed by atoms with Gasteiger partial charge in [0.1, 0.15) is 5.82 Å². The lowest BCUT2D eigenvalue weighted by Gasteiger charge is -2.22. The molecule has 2 aromatic rings. The molecule has 0 fully saturated rings. The van der Waals surface area contributed by atoms with E-state index in [1.165, 1.54) is 18.9 Å². The van der Waals surface area contributed by atoms with Crippen molar-refractivity contribution in [1.82, 2.24) is 15.6 Å². The summed E-state index contributed by atoms with van der Waals surface area (Å²) in [6.45, 7) is 9.00. The number of benzene rings is 1. The number of carbonyl (C=O) groups is 2. The van der Waals surface area contributed by atoms with Crippen LogP contribution in [-0.4, -0.2) is 55.0 Å². The van der Waals surface area contributed by atoms with Gasteiger partial charge in [-0.2, -0.15) is 0 Å². The molecule has 3 rings (SSSR count). The van der Waals surface area contributed by atoms with E-state index in [0.29, 0.717) is 28.6 Å². The Kier molecular flexibility index (Phi) is 11.6. The molecule has 2 heterocycles. The number of anilines is 1. The quantitative estimate of drug-likeness (QED) is 0.112. The van der Waals surface area contributed by atoms with Crippen LogP contribution in [0.4, 0.5) is 5.82 Å². The second kappa shape index (κ2) is 14.7. The van der Waals surface area contributed by atoms with Crippen LogP contribution in [0.25, 0.3) is 0 Å². The first-order chi connectivity index (χ1) is 19.4. The molecule has 0 spiro atoms. The standard InChI is InChI=1S/C30H39Cl2N5O4/c1-18-19(11-20-7-6-9-35-28(20)36-18)8-10-34-16-24(25(33)17-41-30(2,3)4)29(39)37-26(15-27(38)40-5)21-12-22(31)14-23(32)13-21/h11-14,16,26,33-34H,6-10,15,17H2,1-5H3,(H,35,36)(H,37,39)/b24-16+,33-25?. The molecule has 1 unspecified atom stereocenters. The highest BCUT2D eigenvalue weighted by atomic mass is 35.5. The molecule has 1 aliphatic rings. The van der Waals surface area contributed by atoms with Crippen LogP contribution in [0.3, 0.4) is 0 Å². The number of pyridine rings is 1. The summed E-state index contributed by atoms with van der Waals surface area (Å²) < 4.78 is 10.6. The fourth-order valence-corrected chi connectivity index (χ4v) is 4.87. The van der Waals surface area contributed by atoms with E-state index in [-0.39, 0.29) is 24.3 Å². The summed E-state index contributed by atoms with van der Waals surface area (Å²) in [6, 6.07) is 6.22. The number of halogens is 2. The molecular formula is C30H39Cl2N5O4. The van der Waals surface area contributed by atoms with E-state index in [2.05, 4.69) is 22.0 Å². The Bertz CT molecular complexity index is 1290. The highest BCUT2D eigenvalue weighted by Crippen LogP contribution is 2.26. The molecule has 1 amide bonds. The molecule has 1 atom stereocenters. The summed E-state index contributed by atoms with van der Waals surface area (Å²) in [5, 5.41) is 18.8. The average Bonchev–Trinajstić information content (AvgIpc) is 2.90. The number of carbonyl (C=O) groups excluding carboxylic acids is 2. The van der Waals surface area contributed by atoms with Crippen LogP contribution in [0.5, 0.6) is 0 Å². The largest absolute Gasteiger partial charge is 0.469 e. The third kappa shape index (κ3) is 10.0. The van der Waals surface area contributed by atoms with Gasteiger partial charge in [0.2, 0.25) is 0 Å². The van der Waals surface area contributed by atoms with E-state index < -0.39 is 23.5 Å². The molecule has 4 N–H and O–H groups in total. The summed E-state index contributed by atoms with van der Waals surface area (Å²) in [5.74, 6) is -0.118. The zero-order valence-electron chi connectivity index (χ0n) is 24.2. The molecule has 0 aliphatic carbocycles. The topological polar surface area (TPSA) is 125 Å². The van der Waals surface area contributed by atoms with Gasteiger partial charge in [-0.3, -0.25) is 9.59 Å². The molecule has 0 radical (unpaired) electrons. The SMILES string of the molecule is COC(=O)CC(NC(=O)/C(=C/NCCc1cc2c(nc1C)NCCC2)C(=N)COC(C)(C)C)c1cc(Cl)cc(Cl)c1. The van der Waals surface area contributed by atoms with Crippen molar-refractivity contribution in [3.05, 3.63) is 68.5 Å². The maximum absolute atomic E-state index is 13.6. The Balaban J connectivity index is 1.80. The zero-order chi connectivity index (χ0) is 30.2. The van der Waals surface area contributed by atoms with E-state index in [1.807, 2.05) is 27.7 Å². The van der Waals surface area contributed by atoms with Crippen molar-refractivity contribution in [2.75, 3.05) is 32.1 Å². The molecule has 0 saturated heterocycles. The predicted molar refractivity (Wildman–Crippen MR) is 163 cm³/mol. The lowest BCUT2D eigenvalue weighted by Crippen LogP contribution is -2.36. The maximum atomic E-state index is 13.6. The number of nitrogens with zero attached hydrogens (tertiary/aromatic N) is 1. The number of aryl methyl sites for hydroxylation is 2. The molecule has 1 aromatic heterocycles. The number of fused-ring (bicyclic) bond motifs is 1. The fourth-order valence-electron chi connectivity index (χ4n) is 4.33. The summed E-state index contributed by atoms with van der Waals surface area (Å²) in [5.41, 5.74) is 3.41. The minimum atomic E-state index is -0.788. The number of methoxy groups -OCH3 is 1. The zero-order valence-corrected chi connectivity index (χ0v) is 25.8. The molecule has 11 heteroatoms. The molecule has 0 bridgehead atoms. The van der Waals surface area contributed by atoms with Gasteiger partial charge >= 0.3 is 5.97 Å². The van der Waals surface area contributed by atoms with E-state index in [1.54, 1.807) is 18.2 Å². The second-order valence-electron chi connectivity index (χ2n) is 10.9. The van der Waals surface area contributed by atoms with Crippen molar-refractivity contribution in [2.45, 2.75) is 65.0 Å². The number of aromatic nitrogens is 1. The first-order valence-corrected chi connectivity index (χ1v) is 14.3. The Morgan fingerprint density at radius 3 is 2.56 bits per heavy atom. The van der Waals surface area contributed by atoms with Crippen molar-refractivity contribution >= 4 is 46.6 Å². The Hall–Kier alpha value is -3.14. The van der Waals surface area contributed by atoms with Crippen LogP contribution >= 0.6 is 23.2 Å². The Morgan fingerprint density at radius 1 is 1.20 bits per heavy atom. The Morgan fingerprint density at radius 2 is 1.90 bits per heavy atom. The van der Waals surface area contributed by atoms with Crippen molar-refractivity contribution in [2.24, 2.45) is 0 Å². The van der Waals surface area contributed by atoms with E-state index in [9.17, 15) is 9.59 Å².